The van der Waals surface area contributed by atoms with Crippen molar-refractivity contribution >= 4 is 21.3 Å². The number of hydrogen-bond acceptors (Lipinski definition) is 6. The highest BCUT2D eigenvalue weighted by Gasteiger charge is 2.18. The second-order valence-electron chi connectivity index (χ2n) is 8.19. The molecule has 1 aromatic heterocycles. The molecule has 4 rings (SSSR count). The van der Waals surface area contributed by atoms with Gasteiger partial charge in [0.15, 0.2) is 9.84 Å². The molecule has 1 aliphatic heterocycles. The summed E-state index contributed by atoms with van der Waals surface area (Å²) in [6.07, 6.45) is 3.10. The van der Waals surface area contributed by atoms with Crippen molar-refractivity contribution in [3.8, 4) is 0 Å². The van der Waals surface area contributed by atoms with Gasteiger partial charge in [-0.2, -0.15) is 0 Å². The van der Waals surface area contributed by atoms with E-state index in [1.54, 1.807) is 12.1 Å². The van der Waals surface area contributed by atoms with Gasteiger partial charge in [-0.15, -0.1) is 0 Å². The van der Waals surface area contributed by atoms with Gasteiger partial charge in [0.1, 0.15) is 5.82 Å². The van der Waals surface area contributed by atoms with Crippen LogP contribution in [0.5, 0.6) is 0 Å². The average molecular weight is 459 g/mol. The van der Waals surface area contributed by atoms with Crippen LogP contribution in [0, 0.1) is 6.92 Å². The first-order valence-electron chi connectivity index (χ1n) is 10.8. The van der Waals surface area contributed by atoms with Crippen LogP contribution in [0.25, 0.3) is 0 Å². The fourth-order valence-electron chi connectivity index (χ4n) is 3.44. The van der Waals surface area contributed by atoms with Crippen LogP contribution in [0.3, 0.4) is 0 Å². The van der Waals surface area contributed by atoms with Gasteiger partial charge in [0.2, 0.25) is 0 Å². The molecule has 0 amide bonds. The van der Waals surface area contributed by atoms with Crippen molar-refractivity contribution in [2.75, 3.05) is 36.5 Å². The van der Waals surface area contributed by atoms with Crippen LogP contribution in [-0.4, -0.2) is 45.3 Å². The predicted octanol–water partition coefficient (Wildman–Crippen LogP) is 4.82. The number of aryl methyl sites for hydroxylation is 1. The Balaban J connectivity index is 0.00000113. The van der Waals surface area contributed by atoms with E-state index in [0.29, 0.717) is 10.8 Å². The summed E-state index contributed by atoms with van der Waals surface area (Å²) in [5.41, 5.74) is 3.33. The van der Waals surface area contributed by atoms with Crippen molar-refractivity contribution in [3.05, 3.63) is 84.1 Å². The number of aromatic nitrogens is 1. The van der Waals surface area contributed by atoms with Gasteiger partial charge in [0.05, 0.1) is 16.6 Å². The molecule has 32 heavy (non-hydrogen) atoms. The lowest BCUT2D eigenvalue weighted by Gasteiger charge is -2.28. The highest BCUT2D eigenvalue weighted by atomic mass is 32.2. The highest BCUT2D eigenvalue weighted by Crippen LogP contribution is 2.24. The van der Waals surface area contributed by atoms with E-state index in [0.717, 1.165) is 42.3 Å². The van der Waals surface area contributed by atoms with Crippen molar-refractivity contribution in [2.45, 2.75) is 30.7 Å². The van der Waals surface area contributed by atoms with Crippen LogP contribution >= 0.6 is 0 Å². The number of nitrogens with zero attached hydrogens (tertiary/aromatic N) is 1. The SMILES string of the molecule is Cc1cnc2c(c1)NC[C@H](CNC[C@@H](C)c1ccc(S(C)(=O)=O)cc1)N2.[HH].[HH].[HH].c1ccccc1. The molecule has 0 unspecified atom stereocenters. The maximum absolute atomic E-state index is 11.5. The summed E-state index contributed by atoms with van der Waals surface area (Å²) in [6.45, 7) is 6.67. The third-order valence-corrected chi connectivity index (χ3v) is 6.42. The molecular weight excluding hydrogens is 420 g/mol. The van der Waals surface area contributed by atoms with Crippen LogP contribution in [0.1, 0.15) is 28.2 Å². The average Bonchev–Trinajstić information content (AvgIpc) is 2.80. The van der Waals surface area contributed by atoms with Gasteiger partial charge in [0, 0.05) is 36.4 Å². The number of hydrogen-bond donors (Lipinski definition) is 3. The van der Waals surface area contributed by atoms with Gasteiger partial charge < -0.3 is 16.0 Å². The Hall–Kier alpha value is -2.90. The van der Waals surface area contributed by atoms with Crippen LogP contribution in [-0.2, 0) is 9.84 Å². The zero-order valence-corrected chi connectivity index (χ0v) is 19.7. The third kappa shape index (κ3) is 7.07. The molecular formula is C25H38N4O2S. The first kappa shape index (κ1) is 23.8. The summed E-state index contributed by atoms with van der Waals surface area (Å²) < 4.78 is 23.1. The summed E-state index contributed by atoms with van der Waals surface area (Å²) in [6, 6.07) is 21.5. The number of benzene rings is 2. The van der Waals surface area contributed by atoms with Gasteiger partial charge in [-0.1, -0.05) is 55.5 Å². The molecule has 2 atom stereocenters. The summed E-state index contributed by atoms with van der Waals surface area (Å²) >= 11 is 0. The normalized spacial score (nSPS) is 15.9. The summed E-state index contributed by atoms with van der Waals surface area (Å²) in [5, 5.41) is 10.4. The van der Waals surface area contributed by atoms with E-state index >= 15 is 0 Å². The first-order chi connectivity index (χ1) is 15.3. The standard InChI is InChI=1S/C19H26N4O2S.C6H6.3H2/c1-13-8-18-19(22-9-13)23-16(12-21-18)11-20-10-14(2)15-4-6-17(7-5-15)26(3,24)25;1-2-4-6-5-3-1;;;/h4-9,14,16,20-21H,10-12H2,1-3H3,(H,22,23);1-6H;3*1H/t14-,16+;;;;/m1..../s1. The van der Waals surface area contributed by atoms with E-state index in [-0.39, 0.29) is 10.3 Å². The molecule has 176 valence electrons. The van der Waals surface area contributed by atoms with E-state index in [2.05, 4.69) is 33.9 Å². The summed E-state index contributed by atoms with van der Waals surface area (Å²) in [4.78, 5) is 4.80. The quantitative estimate of drug-likeness (QED) is 0.491. The predicted molar refractivity (Wildman–Crippen MR) is 138 cm³/mol. The van der Waals surface area contributed by atoms with E-state index in [1.165, 1.54) is 6.26 Å². The topological polar surface area (TPSA) is 83.1 Å². The Morgan fingerprint density at radius 3 is 2.34 bits per heavy atom. The number of sulfone groups is 1. The number of anilines is 2. The van der Waals surface area contributed by atoms with Crippen LogP contribution in [0.2, 0.25) is 0 Å². The molecule has 6 nitrogen and oxygen atoms in total. The first-order valence-corrected chi connectivity index (χ1v) is 12.7. The second-order valence-corrected chi connectivity index (χ2v) is 10.2. The molecule has 0 aliphatic carbocycles. The summed E-state index contributed by atoms with van der Waals surface area (Å²) in [5.74, 6) is 1.20. The number of nitrogens with one attached hydrogen (secondary N) is 3. The minimum Gasteiger partial charge on any atom is -0.380 e. The van der Waals surface area contributed by atoms with Gasteiger partial charge in [0.25, 0.3) is 0 Å². The smallest absolute Gasteiger partial charge is 0.175 e. The van der Waals surface area contributed by atoms with E-state index < -0.39 is 9.84 Å². The molecule has 0 saturated heterocycles. The number of fused-ring (bicyclic) bond motifs is 1. The second kappa shape index (κ2) is 11.1. The van der Waals surface area contributed by atoms with Gasteiger partial charge in [-0.3, -0.25) is 0 Å². The number of pyridine rings is 1. The Morgan fingerprint density at radius 2 is 1.75 bits per heavy atom. The van der Waals surface area contributed by atoms with E-state index in [4.69, 9.17) is 0 Å². The minimum absolute atomic E-state index is 0. The lowest BCUT2D eigenvalue weighted by atomic mass is 10.0. The van der Waals surface area contributed by atoms with Crippen molar-refractivity contribution in [3.63, 3.8) is 0 Å². The Labute approximate surface area is 195 Å². The number of rotatable bonds is 6. The van der Waals surface area contributed by atoms with Crippen molar-refractivity contribution < 1.29 is 12.7 Å². The molecule has 3 aromatic rings. The molecule has 0 spiro atoms. The lowest BCUT2D eigenvalue weighted by molar-refractivity contribution is 0.571. The van der Waals surface area contributed by atoms with Crippen LogP contribution in [0.4, 0.5) is 11.5 Å². The highest BCUT2D eigenvalue weighted by molar-refractivity contribution is 7.90. The van der Waals surface area contributed by atoms with Gasteiger partial charge in [-0.05, 0) is 42.2 Å². The van der Waals surface area contributed by atoms with Crippen molar-refractivity contribution in [1.29, 1.82) is 0 Å². The Kier molecular flexibility index (Phi) is 8.25. The van der Waals surface area contributed by atoms with Gasteiger partial charge in [-0.25, -0.2) is 13.4 Å². The molecule has 0 saturated carbocycles. The Morgan fingerprint density at radius 1 is 1.12 bits per heavy atom. The lowest BCUT2D eigenvalue weighted by Crippen LogP contribution is -2.42. The largest absolute Gasteiger partial charge is 0.380 e. The molecule has 1 aliphatic rings. The third-order valence-electron chi connectivity index (χ3n) is 5.29. The van der Waals surface area contributed by atoms with Crippen molar-refractivity contribution in [1.82, 2.24) is 10.3 Å². The van der Waals surface area contributed by atoms with Crippen LogP contribution < -0.4 is 16.0 Å². The fourth-order valence-corrected chi connectivity index (χ4v) is 4.07. The summed E-state index contributed by atoms with van der Waals surface area (Å²) in [7, 11) is -3.14. The molecule has 0 radical (unpaired) electrons. The van der Waals surface area contributed by atoms with Crippen LogP contribution in [0.15, 0.2) is 77.8 Å². The minimum atomic E-state index is -3.14. The molecule has 7 heteroatoms. The molecule has 0 bridgehead atoms. The van der Waals surface area contributed by atoms with E-state index in [9.17, 15) is 8.42 Å². The molecule has 2 aromatic carbocycles. The monoisotopic (exact) mass is 458 g/mol. The van der Waals surface area contributed by atoms with E-state index in [1.807, 2.05) is 61.7 Å². The molecule has 3 N–H and O–H groups in total. The molecule has 0 fully saturated rings. The maximum Gasteiger partial charge on any atom is 0.175 e. The Bertz CT molecular complexity index is 1070. The zero-order valence-electron chi connectivity index (χ0n) is 18.9. The maximum atomic E-state index is 11.5. The van der Waals surface area contributed by atoms with Gasteiger partial charge >= 0.3 is 0 Å². The van der Waals surface area contributed by atoms with Crippen molar-refractivity contribution in [2.24, 2.45) is 0 Å². The fraction of sp³-hybridized carbons (Fsp3) is 0.320. The zero-order chi connectivity index (χ0) is 23.0. The molecule has 2 heterocycles.